The van der Waals surface area contributed by atoms with Gasteiger partial charge in [-0.1, -0.05) is 79.0 Å². The molecular formula is C42H46Cl2Zr-2. The van der Waals surface area contributed by atoms with E-state index in [1.807, 2.05) is 0 Å². The van der Waals surface area contributed by atoms with Crippen molar-refractivity contribution >= 4 is 14.4 Å². The quantitative estimate of drug-likeness (QED) is 0.228. The van der Waals surface area contributed by atoms with Crippen LogP contribution in [0.4, 0.5) is 0 Å². The Morgan fingerprint density at radius 3 is 1.87 bits per heavy atom. The molecule has 0 atom stereocenters. The van der Waals surface area contributed by atoms with E-state index < -0.39 is 0 Å². The van der Waals surface area contributed by atoms with Gasteiger partial charge in [-0.05, 0) is 58.4 Å². The van der Waals surface area contributed by atoms with E-state index in [0.717, 1.165) is 6.42 Å². The van der Waals surface area contributed by atoms with E-state index >= 15 is 0 Å². The smallest absolute Gasteiger partial charge is 0.0632 e. The molecule has 234 valence electrons. The molecule has 0 N–H and O–H groups in total. The van der Waals surface area contributed by atoms with Gasteiger partial charge in [0.1, 0.15) is 0 Å². The standard InChI is InChI=1S/C25H25.C9H10.C8H11.2ClH.Zr/c1-14-12-24(3,4)22-8-16-7-17-9-23-19(15(2)13-25(23,5)6)11-21(17)20(16)10-18(14)22;1-2-6-9-7-4-3-5-8-9;1-6-4-7(2)8(3)5-6;;;/h8-12H,7H2,1-6H3;3-5,7-8H,2H2,1H3;4-5H,1-3H3;2*1H;/q-1;;-1;;;+2/p-2. The van der Waals surface area contributed by atoms with Crippen LogP contribution in [0.1, 0.15) is 111 Å². The van der Waals surface area contributed by atoms with E-state index in [1.165, 1.54) is 109 Å². The van der Waals surface area contributed by atoms with Gasteiger partial charge in [0.25, 0.3) is 0 Å². The second-order valence-corrected chi connectivity index (χ2v) is 15.3. The van der Waals surface area contributed by atoms with Crippen molar-refractivity contribution in [3.05, 3.63) is 135 Å². The minimum atomic E-state index is 0. The second-order valence-electron chi connectivity index (χ2n) is 13.8. The zero-order chi connectivity index (χ0) is 31.3. The predicted molar refractivity (Wildman–Crippen MR) is 184 cm³/mol. The fourth-order valence-electron chi connectivity index (χ4n) is 7.07. The summed E-state index contributed by atoms with van der Waals surface area (Å²) in [6.45, 7) is 22.3. The number of rotatable bonds is 2. The van der Waals surface area contributed by atoms with Gasteiger partial charge in [-0.2, -0.15) is 28.3 Å². The molecule has 3 heteroatoms. The summed E-state index contributed by atoms with van der Waals surface area (Å²) in [6, 6.07) is 24.8. The van der Waals surface area contributed by atoms with Crippen LogP contribution in [0.25, 0.3) is 22.3 Å². The molecule has 0 fully saturated rings. The molecule has 0 bridgehead atoms. The Morgan fingerprint density at radius 1 is 0.778 bits per heavy atom. The summed E-state index contributed by atoms with van der Waals surface area (Å²) in [7, 11) is 0. The van der Waals surface area contributed by atoms with E-state index in [4.69, 9.17) is 0 Å². The maximum atomic E-state index is 3.65. The number of allylic oxidation sites excluding steroid dienone is 4. The van der Waals surface area contributed by atoms with Crippen molar-refractivity contribution in [2.75, 3.05) is 0 Å². The SMILES string of the molecule is CC1=[C-]C(C)(C)c2cc3c(cc21)-c1cc2c(cc1C3)C(C)(C)C=C2C.CC[C](=[Zr+2])c1ccccc1.Cc1cc(C)c(C)[cH-]1.[Cl-].[Cl-]. The molecule has 0 amide bonds. The van der Waals surface area contributed by atoms with Crippen LogP contribution in [0.5, 0.6) is 0 Å². The molecule has 0 saturated carbocycles. The molecule has 45 heavy (non-hydrogen) atoms. The van der Waals surface area contributed by atoms with Gasteiger partial charge < -0.3 is 24.8 Å². The molecule has 0 unspecified atom stereocenters. The van der Waals surface area contributed by atoms with Crippen LogP contribution in [0.3, 0.4) is 0 Å². The summed E-state index contributed by atoms with van der Waals surface area (Å²) in [5, 5.41) is 0. The first-order valence-corrected chi connectivity index (χ1v) is 16.9. The number of hydrogen-bond donors (Lipinski definition) is 0. The molecule has 0 saturated heterocycles. The molecule has 3 aliphatic carbocycles. The molecule has 7 rings (SSSR count). The molecule has 0 radical (unpaired) electrons. The maximum absolute atomic E-state index is 3.65. The van der Waals surface area contributed by atoms with Gasteiger partial charge in [0, 0.05) is 5.41 Å². The van der Waals surface area contributed by atoms with E-state index in [0.29, 0.717) is 0 Å². The Bertz CT molecular complexity index is 1670. The molecule has 0 nitrogen and oxygen atoms in total. The number of benzene rings is 3. The number of halogens is 2. The molecule has 0 aliphatic heterocycles. The number of hydrogen-bond acceptors (Lipinski definition) is 0. The average Bonchev–Trinajstić information content (AvgIpc) is 3.61. The number of aryl methyl sites for hydroxylation is 3. The van der Waals surface area contributed by atoms with Gasteiger partial charge in [-0.25, -0.2) is 11.6 Å². The molecular weight excluding hydrogens is 667 g/mol. The Balaban J connectivity index is 0.000000229. The third kappa shape index (κ3) is 7.53. The first kappa shape index (κ1) is 37.3. The Kier molecular flexibility index (Phi) is 11.8. The topological polar surface area (TPSA) is 0 Å². The molecule has 0 heterocycles. The van der Waals surface area contributed by atoms with Crippen LogP contribution in [0.2, 0.25) is 0 Å². The summed E-state index contributed by atoms with van der Waals surface area (Å²) in [5.41, 5.74) is 20.1. The van der Waals surface area contributed by atoms with Gasteiger partial charge >= 0.3 is 76.7 Å². The largest absolute Gasteiger partial charge is 1.00 e. The fourth-order valence-corrected chi connectivity index (χ4v) is 7.48. The normalized spacial score (nSPS) is 15.3. The average molecular weight is 713 g/mol. The third-order valence-electron chi connectivity index (χ3n) is 9.42. The Hall–Kier alpha value is -2.18. The molecule has 3 aliphatic rings. The van der Waals surface area contributed by atoms with Crippen molar-refractivity contribution in [2.45, 2.75) is 92.9 Å². The summed E-state index contributed by atoms with van der Waals surface area (Å²) in [4.78, 5) is 0. The van der Waals surface area contributed by atoms with Gasteiger partial charge in [0.15, 0.2) is 0 Å². The zero-order valence-corrected chi connectivity index (χ0v) is 32.6. The van der Waals surface area contributed by atoms with Crippen molar-refractivity contribution in [3.8, 4) is 11.1 Å². The zero-order valence-electron chi connectivity index (χ0n) is 28.6. The molecule has 4 aromatic carbocycles. The van der Waals surface area contributed by atoms with E-state index in [2.05, 4.69) is 148 Å². The summed E-state index contributed by atoms with van der Waals surface area (Å²) in [5.74, 6) is 0. The van der Waals surface area contributed by atoms with Crippen molar-refractivity contribution in [2.24, 2.45) is 0 Å². The van der Waals surface area contributed by atoms with E-state index in [1.54, 1.807) is 3.21 Å². The predicted octanol–water partition coefficient (Wildman–Crippen LogP) is 4.95. The minimum absolute atomic E-state index is 0. The van der Waals surface area contributed by atoms with Crippen LogP contribution < -0.4 is 24.8 Å². The first-order chi connectivity index (χ1) is 20.2. The molecule has 4 aromatic rings. The monoisotopic (exact) mass is 710 g/mol. The maximum Gasteiger partial charge on any atom is -0.0632 e. The van der Waals surface area contributed by atoms with Crippen LogP contribution in [-0.4, -0.2) is 3.21 Å². The van der Waals surface area contributed by atoms with Crippen molar-refractivity contribution in [3.63, 3.8) is 0 Å². The molecule has 0 spiro atoms. The van der Waals surface area contributed by atoms with Gasteiger partial charge in [-0.3, -0.25) is 6.08 Å². The van der Waals surface area contributed by atoms with E-state index in [-0.39, 0.29) is 35.6 Å². The van der Waals surface area contributed by atoms with Crippen LogP contribution >= 0.6 is 0 Å². The second kappa shape index (κ2) is 14.3. The summed E-state index contributed by atoms with van der Waals surface area (Å²) >= 11 is 1.54. The first-order valence-electron chi connectivity index (χ1n) is 15.7. The van der Waals surface area contributed by atoms with E-state index in [9.17, 15) is 0 Å². The fraction of sp³-hybridized carbons (Fsp3) is 0.333. The summed E-state index contributed by atoms with van der Waals surface area (Å²) < 4.78 is 1.55. The van der Waals surface area contributed by atoms with Crippen LogP contribution in [0, 0.1) is 26.8 Å². The molecule has 0 aromatic heterocycles. The number of fused-ring (bicyclic) bond motifs is 5. The third-order valence-corrected chi connectivity index (χ3v) is 11.0. The van der Waals surface area contributed by atoms with Crippen molar-refractivity contribution in [1.82, 2.24) is 0 Å². The van der Waals surface area contributed by atoms with Crippen molar-refractivity contribution < 1.29 is 49.0 Å². The Morgan fingerprint density at radius 2 is 1.36 bits per heavy atom. The Labute approximate surface area is 300 Å². The van der Waals surface area contributed by atoms with Gasteiger partial charge in [-0.15, -0.1) is 11.6 Å². The van der Waals surface area contributed by atoms with Crippen molar-refractivity contribution in [1.29, 1.82) is 0 Å². The van der Waals surface area contributed by atoms with Gasteiger partial charge in [0.05, 0.1) is 0 Å². The van der Waals surface area contributed by atoms with Gasteiger partial charge in [0.2, 0.25) is 0 Å². The minimum Gasteiger partial charge on any atom is -1.00 e. The summed E-state index contributed by atoms with van der Waals surface area (Å²) in [6.07, 6.45) is 8.32. The van der Waals surface area contributed by atoms with Crippen LogP contribution in [0.15, 0.2) is 72.8 Å². The van der Waals surface area contributed by atoms with Crippen LogP contribution in [-0.2, 0) is 41.5 Å².